The Balaban J connectivity index is 2.33. The summed E-state index contributed by atoms with van der Waals surface area (Å²) in [4.78, 5) is 29.3. The molecule has 0 spiro atoms. The topological polar surface area (TPSA) is 65.8 Å². The maximum atomic E-state index is 13.1. The van der Waals surface area contributed by atoms with Crippen molar-refractivity contribution in [3.8, 4) is 0 Å². The van der Waals surface area contributed by atoms with Gasteiger partial charge in [-0.05, 0) is 54.7 Å². The molecule has 1 N–H and O–H groups in total. The van der Waals surface area contributed by atoms with Crippen LogP contribution in [0.5, 0.6) is 0 Å². The largest absolute Gasteiger partial charge is 0.459 e. The van der Waals surface area contributed by atoms with Crippen LogP contribution < -0.4 is 10.2 Å². The SMILES string of the molecule is CC[C@H](C)N(Cc1cc(NC(=O)CC(C)(C)C)ccc1N(C)C)C(=O)c1ccco1. The summed E-state index contributed by atoms with van der Waals surface area (Å²) in [5, 5.41) is 3.00. The zero-order valence-corrected chi connectivity index (χ0v) is 19.3. The van der Waals surface area contributed by atoms with E-state index >= 15 is 0 Å². The van der Waals surface area contributed by atoms with Crippen LogP contribution in [0.15, 0.2) is 41.0 Å². The molecule has 6 nitrogen and oxygen atoms in total. The molecule has 0 bridgehead atoms. The lowest BCUT2D eigenvalue weighted by atomic mass is 9.92. The minimum Gasteiger partial charge on any atom is -0.459 e. The van der Waals surface area contributed by atoms with Gasteiger partial charge in [0.1, 0.15) is 0 Å². The zero-order valence-electron chi connectivity index (χ0n) is 19.3. The lowest BCUT2D eigenvalue weighted by molar-refractivity contribution is -0.117. The minimum atomic E-state index is -0.138. The fourth-order valence-electron chi connectivity index (χ4n) is 3.29. The second-order valence-corrected chi connectivity index (χ2v) is 9.19. The first kappa shape index (κ1) is 23.5. The normalized spacial score (nSPS) is 12.4. The van der Waals surface area contributed by atoms with Crippen LogP contribution in [0.3, 0.4) is 0 Å². The number of carbonyl (C=O) groups is 2. The van der Waals surface area contributed by atoms with Gasteiger partial charge in [0.25, 0.3) is 5.91 Å². The fourth-order valence-corrected chi connectivity index (χ4v) is 3.29. The average molecular weight is 414 g/mol. The predicted molar refractivity (Wildman–Crippen MR) is 122 cm³/mol. The Hall–Kier alpha value is -2.76. The molecular formula is C24H35N3O3. The minimum absolute atomic E-state index is 0.0171. The summed E-state index contributed by atoms with van der Waals surface area (Å²) in [7, 11) is 3.94. The maximum absolute atomic E-state index is 13.1. The van der Waals surface area contributed by atoms with E-state index in [9.17, 15) is 9.59 Å². The quantitative estimate of drug-likeness (QED) is 0.649. The van der Waals surface area contributed by atoms with Crippen molar-refractivity contribution in [1.29, 1.82) is 0 Å². The molecule has 1 heterocycles. The molecule has 0 saturated carbocycles. The first-order valence-electron chi connectivity index (χ1n) is 10.5. The third-order valence-corrected chi connectivity index (χ3v) is 4.99. The lowest BCUT2D eigenvalue weighted by Crippen LogP contribution is -2.38. The second-order valence-electron chi connectivity index (χ2n) is 9.19. The number of anilines is 2. The summed E-state index contributed by atoms with van der Waals surface area (Å²) >= 11 is 0. The van der Waals surface area contributed by atoms with Gasteiger partial charge in [0.2, 0.25) is 5.91 Å². The van der Waals surface area contributed by atoms with Crippen molar-refractivity contribution in [2.45, 2.75) is 60.0 Å². The highest BCUT2D eigenvalue weighted by molar-refractivity contribution is 5.92. The number of amides is 2. The van der Waals surface area contributed by atoms with Crippen molar-refractivity contribution in [1.82, 2.24) is 4.90 Å². The highest BCUT2D eigenvalue weighted by atomic mass is 16.3. The Bertz CT molecular complexity index is 851. The van der Waals surface area contributed by atoms with Crippen molar-refractivity contribution >= 4 is 23.2 Å². The molecule has 2 aromatic rings. The van der Waals surface area contributed by atoms with E-state index in [2.05, 4.69) is 12.2 Å². The van der Waals surface area contributed by atoms with Crippen LogP contribution >= 0.6 is 0 Å². The summed E-state index contributed by atoms with van der Waals surface area (Å²) in [6, 6.07) is 9.29. The van der Waals surface area contributed by atoms with E-state index in [0.717, 1.165) is 23.4 Å². The molecule has 1 atom stereocenters. The van der Waals surface area contributed by atoms with Crippen molar-refractivity contribution in [3.05, 3.63) is 47.9 Å². The van der Waals surface area contributed by atoms with Crippen LogP contribution in [0.1, 0.15) is 63.6 Å². The van der Waals surface area contributed by atoms with Crippen molar-refractivity contribution in [2.24, 2.45) is 5.41 Å². The predicted octanol–water partition coefficient (Wildman–Crippen LogP) is 5.16. The Kier molecular flexibility index (Phi) is 7.71. The van der Waals surface area contributed by atoms with Gasteiger partial charge in [-0.2, -0.15) is 0 Å². The van der Waals surface area contributed by atoms with Gasteiger partial charge < -0.3 is 19.5 Å². The maximum Gasteiger partial charge on any atom is 0.290 e. The van der Waals surface area contributed by atoms with Crippen LogP contribution in [-0.2, 0) is 11.3 Å². The number of rotatable bonds is 8. The highest BCUT2D eigenvalue weighted by Gasteiger charge is 2.24. The van der Waals surface area contributed by atoms with Crippen LogP contribution in [0.4, 0.5) is 11.4 Å². The third-order valence-electron chi connectivity index (χ3n) is 4.99. The summed E-state index contributed by atoms with van der Waals surface area (Å²) < 4.78 is 5.35. The first-order chi connectivity index (χ1) is 14.0. The van der Waals surface area contributed by atoms with Crippen molar-refractivity contribution in [3.63, 3.8) is 0 Å². The monoisotopic (exact) mass is 413 g/mol. The van der Waals surface area contributed by atoms with E-state index in [-0.39, 0.29) is 23.3 Å². The third kappa shape index (κ3) is 6.37. The summed E-state index contributed by atoms with van der Waals surface area (Å²) in [5.41, 5.74) is 2.62. The molecular weight excluding hydrogens is 378 g/mol. The van der Waals surface area contributed by atoms with Crippen LogP contribution in [-0.4, -0.2) is 36.9 Å². The zero-order chi connectivity index (χ0) is 22.5. The van der Waals surface area contributed by atoms with Gasteiger partial charge in [0.15, 0.2) is 5.76 Å². The van der Waals surface area contributed by atoms with Gasteiger partial charge in [0, 0.05) is 44.5 Å². The van der Waals surface area contributed by atoms with Crippen LogP contribution in [0.25, 0.3) is 0 Å². The molecule has 1 aromatic heterocycles. The van der Waals surface area contributed by atoms with Crippen LogP contribution in [0, 0.1) is 5.41 Å². The van der Waals surface area contributed by atoms with Gasteiger partial charge in [-0.15, -0.1) is 0 Å². The van der Waals surface area contributed by atoms with Gasteiger partial charge in [0.05, 0.1) is 6.26 Å². The van der Waals surface area contributed by atoms with Gasteiger partial charge in [-0.3, -0.25) is 9.59 Å². The van der Waals surface area contributed by atoms with E-state index in [1.165, 1.54) is 6.26 Å². The van der Waals surface area contributed by atoms with Gasteiger partial charge in [-0.25, -0.2) is 0 Å². The molecule has 0 aliphatic heterocycles. The molecule has 1 aromatic carbocycles. The number of hydrogen-bond acceptors (Lipinski definition) is 4. The van der Waals surface area contributed by atoms with E-state index in [4.69, 9.17) is 4.42 Å². The molecule has 0 fully saturated rings. The number of nitrogens with one attached hydrogen (secondary N) is 1. The summed E-state index contributed by atoms with van der Waals surface area (Å²) in [6.45, 7) is 10.6. The Morgan fingerprint density at radius 2 is 1.87 bits per heavy atom. The number of nitrogens with zero attached hydrogens (tertiary/aromatic N) is 2. The average Bonchev–Trinajstić information content (AvgIpc) is 3.18. The second kappa shape index (κ2) is 9.83. The molecule has 6 heteroatoms. The summed E-state index contributed by atoms with van der Waals surface area (Å²) in [6.07, 6.45) is 2.78. The Morgan fingerprint density at radius 3 is 2.40 bits per heavy atom. The number of hydrogen-bond donors (Lipinski definition) is 1. The van der Waals surface area contributed by atoms with Crippen LogP contribution in [0.2, 0.25) is 0 Å². The Morgan fingerprint density at radius 1 is 1.17 bits per heavy atom. The molecule has 0 aliphatic carbocycles. The van der Waals surface area contributed by atoms with Gasteiger partial charge >= 0.3 is 0 Å². The van der Waals surface area contributed by atoms with Crippen molar-refractivity contribution < 1.29 is 14.0 Å². The van der Waals surface area contributed by atoms with E-state index in [1.807, 2.05) is 69.8 Å². The molecule has 164 valence electrons. The molecule has 0 saturated heterocycles. The van der Waals surface area contributed by atoms with Gasteiger partial charge in [-0.1, -0.05) is 27.7 Å². The van der Waals surface area contributed by atoms with E-state index in [0.29, 0.717) is 18.7 Å². The molecule has 0 unspecified atom stereocenters. The number of carbonyl (C=O) groups excluding carboxylic acids is 2. The molecule has 2 amide bonds. The first-order valence-corrected chi connectivity index (χ1v) is 10.5. The molecule has 0 radical (unpaired) electrons. The van der Waals surface area contributed by atoms with E-state index < -0.39 is 0 Å². The standard InChI is InChI=1S/C24H35N3O3/c1-8-17(2)27(23(29)21-10-9-13-30-21)16-18-14-19(11-12-20(18)26(6)7)25-22(28)15-24(3,4)5/h9-14,17H,8,15-16H2,1-7H3,(H,25,28)/t17-/m0/s1. The Labute approximate surface area is 180 Å². The molecule has 0 aliphatic rings. The number of benzene rings is 1. The molecule has 30 heavy (non-hydrogen) atoms. The fraction of sp³-hybridized carbons (Fsp3) is 0.500. The summed E-state index contributed by atoms with van der Waals surface area (Å²) in [5.74, 6) is 0.175. The van der Waals surface area contributed by atoms with E-state index in [1.54, 1.807) is 12.1 Å². The molecule has 2 rings (SSSR count). The lowest BCUT2D eigenvalue weighted by Gasteiger charge is -2.30. The van der Waals surface area contributed by atoms with Crippen molar-refractivity contribution in [2.75, 3.05) is 24.3 Å². The highest BCUT2D eigenvalue weighted by Crippen LogP contribution is 2.27. The number of furan rings is 1. The smallest absolute Gasteiger partial charge is 0.290 e.